The summed E-state index contributed by atoms with van der Waals surface area (Å²) >= 11 is 0. The van der Waals surface area contributed by atoms with Crippen LogP contribution in [0.2, 0.25) is 0 Å². The summed E-state index contributed by atoms with van der Waals surface area (Å²) in [5.74, 6) is 2.73. The van der Waals surface area contributed by atoms with E-state index in [1.165, 1.54) is 0 Å². The lowest BCUT2D eigenvalue weighted by atomic mass is 10.1. The molecule has 0 aromatic carbocycles. The van der Waals surface area contributed by atoms with Gasteiger partial charge in [0.1, 0.15) is 17.5 Å². The third-order valence-electron chi connectivity index (χ3n) is 3.79. The Bertz CT molecular complexity index is 444. The van der Waals surface area contributed by atoms with Crippen molar-refractivity contribution >= 4 is 11.6 Å². The summed E-state index contributed by atoms with van der Waals surface area (Å²) in [4.78, 5) is 9.22. The molecule has 2 heterocycles. The SMILES string of the molecule is CCCc1nc(NC)c(C)c(NC(C)C2CCCO2)n1. The van der Waals surface area contributed by atoms with Crippen molar-refractivity contribution in [3.8, 4) is 0 Å². The standard InChI is InChI=1S/C15H26N4O/c1-5-7-13-18-14(16-4)10(2)15(19-13)17-11(3)12-8-6-9-20-12/h11-12H,5-9H2,1-4H3,(H2,16,17,18,19). The molecule has 0 saturated carbocycles. The van der Waals surface area contributed by atoms with Crippen LogP contribution in [-0.2, 0) is 11.2 Å². The number of nitrogens with one attached hydrogen (secondary N) is 2. The Balaban J connectivity index is 2.17. The fourth-order valence-corrected chi connectivity index (χ4v) is 2.59. The Morgan fingerprint density at radius 3 is 2.70 bits per heavy atom. The van der Waals surface area contributed by atoms with E-state index in [9.17, 15) is 0 Å². The molecule has 0 aliphatic carbocycles. The predicted molar refractivity (Wildman–Crippen MR) is 82.4 cm³/mol. The molecule has 5 nitrogen and oxygen atoms in total. The van der Waals surface area contributed by atoms with Gasteiger partial charge in [-0.3, -0.25) is 0 Å². The van der Waals surface area contributed by atoms with Gasteiger partial charge >= 0.3 is 0 Å². The number of aromatic nitrogens is 2. The molecule has 1 fully saturated rings. The van der Waals surface area contributed by atoms with E-state index in [0.717, 1.165) is 55.3 Å². The van der Waals surface area contributed by atoms with E-state index < -0.39 is 0 Å². The lowest BCUT2D eigenvalue weighted by molar-refractivity contribution is 0.0995. The predicted octanol–water partition coefficient (Wildman–Crippen LogP) is 2.76. The maximum Gasteiger partial charge on any atom is 0.135 e. The van der Waals surface area contributed by atoms with Crippen molar-refractivity contribution in [3.05, 3.63) is 11.4 Å². The van der Waals surface area contributed by atoms with Crippen LogP contribution in [0.3, 0.4) is 0 Å². The molecule has 2 rings (SSSR count). The maximum absolute atomic E-state index is 5.74. The third-order valence-corrected chi connectivity index (χ3v) is 3.79. The number of hydrogen-bond acceptors (Lipinski definition) is 5. The highest BCUT2D eigenvalue weighted by Crippen LogP contribution is 2.23. The van der Waals surface area contributed by atoms with Gasteiger partial charge in [0.05, 0.1) is 12.1 Å². The molecule has 2 atom stereocenters. The summed E-state index contributed by atoms with van der Waals surface area (Å²) in [6.07, 6.45) is 4.52. The van der Waals surface area contributed by atoms with Crippen LogP contribution in [0.1, 0.15) is 44.5 Å². The quantitative estimate of drug-likeness (QED) is 0.838. The van der Waals surface area contributed by atoms with Crippen LogP contribution in [0.25, 0.3) is 0 Å². The average Bonchev–Trinajstić information content (AvgIpc) is 2.96. The fourth-order valence-electron chi connectivity index (χ4n) is 2.59. The van der Waals surface area contributed by atoms with E-state index in [2.05, 4.69) is 34.4 Å². The first-order valence-corrected chi connectivity index (χ1v) is 7.59. The van der Waals surface area contributed by atoms with Crippen LogP contribution < -0.4 is 10.6 Å². The number of rotatable bonds is 6. The van der Waals surface area contributed by atoms with Gasteiger partial charge in [-0.25, -0.2) is 9.97 Å². The van der Waals surface area contributed by atoms with Crippen LogP contribution in [0.4, 0.5) is 11.6 Å². The zero-order valence-electron chi connectivity index (χ0n) is 13.0. The molecule has 20 heavy (non-hydrogen) atoms. The fraction of sp³-hybridized carbons (Fsp3) is 0.733. The zero-order valence-corrected chi connectivity index (χ0v) is 13.0. The zero-order chi connectivity index (χ0) is 14.5. The Morgan fingerprint density at radius 1 is 1.35 bits per heavy atom. The van der Waals surface area contributed by atoms with Gasteiger partial charge in [-0.2, -0.15) is 0 Å². The molecular formula is C15H26N4O. The van der Waals surface area contributed by atoms with Crippen LogP contribution in [-0.4, -0.2) is 35.8 Å². The highest BCUT2D eigenvalue weighted by molar-refractivity contribution is 5.57. The van der Waals surface area contributed by atoms with E-state index in [0.29, 0.717) is 0 Å². The van der Waals surface area contributed by atoms with Crippen molar-refractivity contribution in [3.63, 3.8) is 0 Å². The smallest absolute Gasteiger partial charge is 0.135 e. The topological polar surface area (TPSA) is 59.1 Å². The maximum atomic E-state index is 5.74. The van der Waals surface area contributed by atoms with E-state index in [-0.39, 0.29) is 12.1 Å². The van der Waals surface area contributed by atoms with E-state index in [1.807, 2.05) is 14.0 Å². The first kappa shape index (κ1) is 15.0. The van der Waals surface area contributed by atoms with Gasteiger partial charge in [0.15, 0.2) is 0 Å². The second-order valence-corrected chi connectivity index (χ2v) is 5.45. The number of aryl methyl sites for hydroxylation is 1. The lowest BCUT2D eigenvalue weighted by Crippen LogP contribution is -2.31. The lowest BCUT2D eigenvalue weighted by Gasteiger charge is -2.22. The minimum absolute atomic E-state index is 0.269. The summed E-state index contributed by atoms with van der Waals surface area (Å²) < 4.78 is 5.74. The van der Waals surface area contributed by atoms with Crippen LogP contribution in [0.15, 0.2) is 0 Å². The second-order valence-electron chi connectivity index (χ2n) is 5.45. The second kappa shape index (κ2) is 6.88. The molecule has 1 saturated heterocycles. The van der Waals surface area contributed by atoms with Gasteiger partial charge in [-0.15, -0.1) is 0 Å². The van der Waals surface area contributed by atoms with Gasteiger partial charge in [0.25, 0.3) is 0 Å². The molecule has 1 aliphatic heterocycles. The van der Waals surface area contributed by atoms with Crippen molar-refractivity contribution in [2.45, 2.75) is 58.6 Å². The van der Waals surface area contributed by atoms with Crippen molar-refractivity contribution in [2.75, 3.05) is 24.3 Å². The molecule has 0 amide bonds. The first-order chi connectivity index (χ1) is 9.65. The summed E-state index contributed by atoms with van der Waals surface area (Å²) in [5.41, 5.74) is 1.07. The van der Waals surface area contributed by atoms with E-state index in [4.69, 9.17) is 4.74 Å². The number of ether oxygens (including phenoxy) is 1. The molecule has 2 N–H and O–H groups in total. The Hall–Kier alpha value is -1.36. The van der Waals surface area contributed by atoms with Gasteiger partial charge in [-0.1, -0.05) is 6.92 Å². The summed E-state index contributed by atoms with van der Waals surface area (Å²) in [7, 11) is 1.90. The Kier molecular flexibility index (Phi) is 5.17. The molecule has 1 aliphatic rings. The molecule has 5 heteroatoms. The molecule has 2 unspecified atom stereocenters. The van der Waals surface area contributed by atoms with Crippen molar-refractivity contribution in [2.24, 2.45) is 0 Å². The molecule has 0 spiro atoms. The summed E-state index contributed by atoms with van der Waals surface area (Å²) in [6, 6.07) is 0.269. The van der Waals surface area contributed by atoms with E-state index >= 15 is 0 Å². The molecule has 0 bridgehead atoms. The minimum atomic E-state index is 0.269. The van der Waals surface area contributed by atoms with Gasteiger partial charge in [0, 0.05) is 25.6 Å². The normalized spacial score (nSPS) is 19.9. The number of anilines is 2. The molecule has 0 radical (unpaired) electrons. The number of hydrogen-bond donors (Lipinski definition) is 2. The Labute approximate surface area is 121 Å². The van der Waals surface area contributed by atoms with Crippen molar-refractivity contribution < 1.29 is 4.74 Å². The van der Waals surface area contributed by atoms with Crippen LogP contribution in [0.5, 0.6) is 0 Å². The summed E-state index contributed by atoms with van der Waals surface area (Å²) in [5, 5.41) is 6.66. The van der Waals surface area contributed by atoms with Gasteiger partial charge < -0.3 is 15.4 Å². The largest absolute Gasteiger partial charge is 0.376 e. The third kappa shape index (κ3) is 3.39. The highest BCUT2D eigenvalue weighted by atomic mass is 16.5. The first-order valence-electron chi connectivity index (χ1n) is 7.59. The highest BCUT2D eigenvalue weighted by Gasteiger charge is 2.23. The average molecular weight is 278 g/mol. The summed E-state index contributed by atoms with van der Waals surface area (Å²) in [6.45, 7) is 7.23. The number of nitrogens with zero attached hydrogens (tertiary/aromatic N) is 2. The van der Waals surface area contributed by atoms with Gasteiger partial charge in [-0.05, 0) is 33.1 Å². The molecule has 1 aromatic heterocycles. The molecule has 112 valence electrons. The van der Waals surface area contributed by atoms with Crippen molar-refractivity contribution in [1.82, 2.24) is 9.97 Å². The monoisotopic (exact) mass is 278 g/mol. The minimum Gasteiger partial charge on any atom is -0.376 e. The van der Waals surface area contributed by atoms with Crippen molar-refractivity contribution in [1.29, 1.82) is 0 Å². The van der Waals surface area contributed by atoms with Crippen LogP contribution >= 0.6 is 0 Å². The van der Waals surface area contributed by atoms with Crippen LogP contribution in [0, 0.1) is 6.92 Å². The van der Waals surface area contributed by atoms with E-state index in [1.54, 1.807) is 0 Å². The molecular weight excluding hydrogens is 252 g/mol. The molecule has 1 aromatic rings. The van der Waals surface area contributed by atoms with Gasteiger partial charge in [0.2, 0.25) is 0 Å². The Morgan fingerprint density at radius 2 is 2.10 bits per heavy atom.